The van der Waals surface area contributed by atoms with Crippen molar-refractivity contribution < 1.29 is 14.3 Å². The topological polar surface area (TPSA) is 77.6 Å². The normalized spacial score (nSPS) is 12.7. The van der Waals surface area contributed by atoms with Crippen LogP contribution in [-0.4, -0.2) is 33.3 Å². The Labute approximate surface area is 258 Å². The Hall–Kier alpha value is -4.91. The predicted molar refractivity (Wildman–Crippen MR) is 175 cm³/mol. The molecule has 1 unspecified atom stereocenters. The smallest absolute Gasteiger partial charge is 0.437 e. The molecule has 5 rings (SSSR count). The molecule has 2 amide bonds. The molecule has 0 spiro atoms. The molecule has 1 atom stereocenters. The first-order chi connectivity index (χ1) is 21.1. The standard InChI is InChI=1S/C37H40N4O3/c1-26-15-19-28(20-16-26)23-31(24-38-34(42)30-11-7-6-8-12-30)41-33-14-10-9-13-32(33)40(25-29-21-17-27(2)18-22-29)35(41)39-36(43)44-37(3,4)5/h6-22,31H,23-25H2,1-5H3,(H,38,42). The predicted octanol–water partition coefficient (Wildman–Crippen LogP) is 7.16. The third-order valence-electron chi connectivity index (χ3n) is 7.43. The summed E-state index contributed by atoms with van der Waals surface area (Å²) in [7, 11) is 0. The fourth-order valence-corrected chi connectivity index (χ4v) is 5.27. The third-order valence-corrected chi connectivity index (χ3v) is 7.43. The van der Waals surface area contributed by atoms with Crippen molar-refractivity contribution in [2.45, 2.75) is 59.2 Å². The third kappa shape index (κ3) is 7.53. The molecule has 1 N–H and O–H groups in total. The van der Waals surface area contributed by atoms with E-state index in [1.165, 1.54) is 11.1 Å². The summed E-state index contributed by atoms with van der Waals surface area (Å²) >= 11 is 0. The zero-order valence-corrected chi connectivity index (χ0v) is 26.1. The minimum absolute atomic E-state index is 0.158. The summed E-state index contributed by atoms with van der Waals surface area (Å²) in [5.74, 6) is -0.158. The van der Waals surface area contributed by atoms with Gasteiger partial charge in [0, 0.05) is 12.1 Å². The fraction of sp³-hybridized carbons (Fsp3) is 0.270. The van der Waals surface area contributed by atoms with Crippen molar-refractivity contribution in [3.8, 4) is 0 Å². The van der Waals surface area contributed by atoms with Gasteiger partial charge in [0.1, 0.15) is 5.60 Å². The maximum atomic E-state index is 13.3. The molecule has 0 fully saturated rings. The van der Waals surface area contributed by atoms with Gasteiger partial charge in [-0.3, -0.25) is 4.79 Å². The number of nitrogens with zero attached hydrogens (tertiary/aromatic N) is 3. The average Bonchev–Trinajstić information content (AvgIpc) is 3.29. The Morgan fingerprint density at radius 1 is 0.773 bits per heavy atom. The molecule has 0 radical (unpaired) electrons. The van der Waals surface area contributed by atoms with Crippen molar-refractivity contribution >= 4 is 23.0 Å². The van der Waals surface area contributed by atoms with E-state index < -0.39 is 11.7 Å². The monoisotopic (exact) mass is 588 g/mol. The second-order valence-electron chi connectivity index (χ2n) is 12.2. The molecule has 0 saturated carbocycles. The van der Waals surface area contributed by atoms with Crippen LogP contribution in [0.5, 0.6) is 0 Å². The number of carbonyl (C=O) groups is 2. The number of hydrogen-bond donors (Lipinski definition) is 1. The first-order valence-corrected chi connectivity index (χ1v) is 15.0. The van der Waals surface area contributed by atoms with Crippen molar-refractivity contribution in [2.24, 2.45) is 4.99 Å². The zero-order chi connectivity index (χ0) is 31.3. The lowest BCUT2D eigenvalue weighted by Crippen LogP contribution is -2.38. The van der Waals surface area contributed by atoms with Crippen LogP contribution in [-0.2, 0) is 17.7 Å². The molecule has 0 aliphatic carbocycles. The second kappa shape index (κ2) is 13.2. The van der Waals surface area contributed by atoms with Gasteiger partial charge in [-0.2, -0.15) is 0 Å². The second-order valence-corrected chi connectivity index (χ2v) is 12.2. The number of carbonyl (C=O) groups excluding carboxylic acids is 2. The summed E-state index contributed by atoms with van der Waals surface area (Å²) in [5, 5.41) is 3.15. The highest BCUT2D eigenvalue weighted by atomic mass is 16.6. The minimum Gasteiger partial charge on any atom is -0.442 e. The van der Waals surface area contributed by atoms with Crippen LogP contribution in [0.25, 0.3) is 11.0 Å². The Kier molecular flexibility index (Phi) is 9.14. The number of para-hydroxylation sites is 2. The lowest BCUT2D eigenvalue weighted by molar-refractivity contribution is 0.0592. The quantitative estimate of drug-likeness (QED) is 0.209. The summed E-state index contributed by atoms with van der Waals surface area (Å²) in [6.45, 7) is 10.4. The first kappa shape index (κ1) is 30.5. The molecular formula is C37H40N4O3. The molecule has 0 aliphatic heterocycles. The number of hydrogen-bond acceptors (Lipinski definition) is 3. The number of imidazole rings is 1. The highest BCUT2D eigenvalue weighted by molar-refractivity contribution is 5.94. The minimum atomic E-state index is -0.704. The molecule has 5 aromatic rings. The van der Waals surface area contributed by atoms with Gasteiger partial charge in [-0.15, -0.1) is 4.99 Å². The summed E-state index contributed by atoms with van der Waals surface area (Å²) in [4.78, 5) is 31.1. The van der Waals surface area contributed by atoms with Crippen LogP contribution in [0.3, 0.4) is 0 Å². The van der Waals surface area contributed by atoms with Crippen LogP contribution >= 0.6 is 0 Å². The van der Waals surface area contributed by atoms with Crippen molar-refractivity contribution in [1.29, 1.82) is 0 Å². The molecule has 44 heavy (non-hydrogen) atoms. The number of rotatable bonds is 8. The molecule has 0 bridgehead atoms. The highest BCUT2D eigenvalue weighted by Crippen LogP contribution is 2.22. The van der Waals surface area contributed by atoms with Gasteiger partial charge in [-0.25, -0.2) is 4.79 Å². The fourth-order valence-electron chi connectivity index (χ4n) is 5.27. The van der Waals surface area contributed by atoms with Gasteiger partial charge in [-0.1, -0.05) is 90.0 Å². The van der Waals surface area contributed by atoms with Gasteiger partial charge in [0.15, 0.2) is 0 Å². The maximum absolute atomic E-state index is 13.3. The van der Waals surface area contributed by atoms with Crippen molar-refractivity contribution in [3.63, 3.8) is 0 Å². The SMILES string of the molecule is Cc1ccc(CC(CNC(=O)c2ccccc2)n2c(=NC(=O)OC(C)(C)C)n(Cc3ccc(C)cc3)c3ccccc32)cc1. The molecule has 1 heterocycles. The van der Waals surface area contributed by atoms with Crippen LogP contribution in [0.2, 0.25) is 0 Å². The molecule has 7 heteroatoms. The van der Waals surface area contributed by atoms with E-state index in [1.807, 2.05) is 63.2 Å². The molecule has 0 aliphatic rings. The van der Waals surface area contributed by atoms with Gasteiger partial charge in [0.2, 0.25) is 5.62 Å². The maximum Gasteiger partial charge on any atom is 0.437 e. The Morgan fingerprint density at radius 3 is 1.95 bits per heavy atom. The van der Waals surface area contributed by atoms with Gasteiger partial charge < -0.3 is 19.2 Å². The Bertz CT molecular complexity index is 1810. The van der Waals surface area contributed by atoms with E-state index in [0.29, 0.717) is 30.7 Å². The summed E-state index contributed by atoms with van der Waals surface area (Å²) in [6.07, 6.45) is -0.0586. The Morgan fingerprint density at radius 2 is 1.34 bits per heavy atom. The lowest BCUT2D eigenvalue weighted by Gasteiger charge is -2.22. The number of benzene rings is 4. The van der Waals surface area contributed by atoms with E-state index in [9.17, 15) is 9.59 Å². The van der Waals surface area contributed by atoms with Crippen LogP contribution in [0, 0.1) is 13.8 Å². The number of amides is 2. The van der Waals surface area contributed by atoms with Crippen molar-refractivity contribution in [1.82, 2.24) is 14.5 Å². The summed E-state index contributed by atoms with van der Waals surface area (Å²) in [6, 6.07) is 33.7. The van der Waals surface area contributed by atoms with E-state index in [4.69, 9.17) is 4.74 Å². The number of aromatic nitrogens is 2. The lowest BCUT2D eigenvalue weighted by atomic mass is 10.0. The van der Waals surface area contributed by atoms with Gasteiger partial charge in [0.25, 0.3) is 5.91 Å². The molecule has 0 saturated heterocycles. The molecule has 226 valence electrons. The van der Waals surface area contributed by atoms with Crippen LogP contribution in [0.1, 0.15) is 59.4 Å². The van der Waals surface area contributed by atoms with Crippen LogP contribution < -0.4 is 10.9 Å². The molecule has 7 nitrogen and oxygen atoms in total. The van der Waals surface area contributed by atoms with E-state index in [-0.39, 0.29) is 11.9 Å². The molecule has 1 aromatic heterocycles. The highest BCUT2D eigenvalue weighted by Gasteiger charge is 2.23. The summed E-state index contributed by atoms with van der Waals surface area (Å²) in [5.41, 5.74) is 6.73. The van der Waals surface area contributed by atoms with Gasteiger partial charge in [-0.05, 0) is 76.4 Å². The van der Waals surface area contributed by atoms with Gasteiger partial charge in [0.05, 0.1) is 23.6 Å². The van der Waals surface area contributed by atoms with Crippen molar-refractivity contribution in [2.75, 3.05) is 6.54 Å². The Balaban J connectivity index is 1.68. The molecule has 4 aromatic carbocycles. The van der Waals surface area contributed by atoms with Gasteiger partial charge >= 0.3 is 6.09 Å². The number of nitrogens with one attached hydrogen (secondary N) is 1. The van der Waals surface area contributed by atoms with Crippen LogP contribution in [0.4, 0.5) is 4.79 Å². The van der Waals surface area contributed by atoms with E-state index >= 15 is 0 Å². The zero-order valence-electron chi connectivity index (χ0n) is 26.1. The van der Waals surface area contributed by atoms with Crippen LogP contribution in [0.15, 0.2) is 108 Å². The number of fused-ring (bicyclic) bond motifs is 1. The average molecular weight is 589 g/mol. The largest absolute Gasteiger partial charge is 0.442 e. The number of aryl methyl sites for hydroxylation is 2. The number of ether oxygens (including phenoxy) is 1. The summed E-state index contributed by atoms with van der Waals surface area (Å²) < 4.78 is 9.82. The van der Waals surface area contributed by atoms with E-state index in [1.54, 1.807) is 12.1 Å². The van der Waals surface area contributed by atoms with E-state index in [0.717, 1.165) is 22.2 Å². The van der Waals surface area contributed by atoms with Crippen molar-refractivity contribution in [3.05, 3.63) is 137 Å². The van der Waals surface area contributed by atoms with E-state index in [2.05, 4.69) is 81.8 Å². The first-order valence-electron chi connectivity index (χ1n) is 15.0. The molecular weight excluding hydrogens is 548 g/mol.